The lowest BCUT2D eigenvalue weighted by Gasteiger charge is -2.06. The van der Waals surface area contributed by atoms with E-state index in [0.29, 0.717) is 22.9 Å². The van der Waals surface area contributed by atoms with Gasteiger partial charge in [0.15, 0.2) is 17.2 Å². The Morgan fingerprint density at radius 3 is 2.82 bits per heavy atom. The number of carbonyl (C=O) groups excluding carboxylic acids is 1. The van der Waals surface area contributed by atoms with Gasteiger partial charge in [0.1, 0.15) is 0 Å². The van der Waals surface area contributed by atoms with E-state index < -0.39 is 5.91 Å². The molecule has 172 valence electrons. The summed E-state index contributed by atoms with van der Waals surface area (Å²) in [6.07, 6.45) is 1.49. The van der Waals surface area contributed by atoms with E-state index in [1.807, 2.05) is 31.2 Å². The summed E-state index contributed by atoms with van der Waals surface area (Å²) >= 11 is 1.50. The zero-order valence-electron chi connectivity index (χ0n) is 17.8. The number of nitrogens with zero attached hydrogens (tertiary/aromatic N) is 6. The van der Waals surface area contributed by atoms with Crippen molar-refractivity contribution >= 4 is 29.7 Å². The number of amides is 1. The van der Waals surface area contributed by atoms with Gasteiger partial charge in [-0.1, -0.05) is 22.9 Å². The van der Waals surface area contributed by atoms with Crippen LogP contribution in [0.1, 0.15) is 27.3 Å². The van der Waals surface area contributed by atoms with Gasteiger partial charge in [-0.3, -0.25) is 4.79 Å². The fourth-order valence-electron chi connectivity index (χ4n) is 3.11. The molecule has 0 radical (unpaired) electrons. The minimum atomic E-state index is -0.544. The Bertz CT molecular complexity index is 1370. The molecular formula is C21H18N8O4S. The molecule has 0 saturated carbocycles. The third kappa shape index (κ3) is 4.41. The summed E-state index contributed by atoms with van der Waals surface area (Å²) in [5, 5.41) is 19.4. The summed E-state index contributed by atoms with van der Waals surface area (Å²) < 4.78 is 16.7. The summed E-state index contributed by atoms with van der Waals surface area (Å²) in [7, 11) is 0. The van der Waals surface area contributed by atoms with E-state index in [9.17, 15) is 4.79 Å². The number of aryl methyl sites for hydroxylation is 1. The van der Waals surface area contributed by atoms with Crippen molar-refractivity contribution < 1.29 is 18.9 Å². The highest BCUT2D eigenvalue weighted by Crippen LogP contribution is 2.32. The number of nitrogens with two attached hydrogens (primary N) is 1. The molecule has 0 atom stereocenters. The van der Waals surface area contributed by atoms with Crippen molar-refractivity contribution in [1.29, 1.82) is 0 Å². The number of nitrogen functional groups attached to an aromatic ring is 1. The average molecular weight is 478 g/mol. The topological polar surface area (TPSA) is 156 Å². The summed E-state index contributed by atoms with van der Waals surface area (Å²) in [5.74, 6) is 1.27. The smallest absolute Gasteiger partial charge is 0.293 e. The van der Waals surface area contributed by atoms with Crippen LogP contribution in [0.25, 0.3) is 5.82 Å². The molecular weight excluding hydrogens is 460 g/mol. The molecule has 13 heteroatoms. The van der Waals surface area contributed by atoms with Crippen molar-refractivity contribution in [3.05, 3.63) is 65.0 Å². The number of carbonyl (C=O) groups is 1. The average Bonchev–Trinajstić information content (AvgIpc) is 3.57. The second kappa shape index (κ2) is 9.23. The summed E-state index contributed by atoms with van der Waals surface area (Å²) in [6, 6.07) is 13.3. The van der Waals surface area contributed by atoms with Crippen molar-refractivity contribution in [1.82, 2.24) is 30.7 Å². The molecule has 5 rings (SSSR count). The van der Waals surface area contributed by atoms with Gasteiger partial charge in [-0.05, 0) is 53.1 Å². The maximum Gasteiger partial charge on any atom is 0.293 e. The van der Waals surface area contributed by atoms with E-state index in [0.717, 1.165) is 16.0 Å². The molecule has 4 aromatic rings. The van der Waals surface area contributed by atoms with Crippen LogP contribution in [0, 0.1) is 6.92 Å². The minimum absolute atomic E-state index is 0.0271. The number of hydrogen-bond donors (Lipinski definition) is 2. The third-order valence-electron chi connectivity index (χ3n) is 4.85. The summed E-state index contributed by atoms with van der Waals surface area (Å²) in [4.78, 5) is 13.9. The van der Waals surface area contributed by atoms with Crippen LogP contribution in [-0.2, 0) is 5.75 Å². The Morgan fingerprint density at radius 2 is 2.03 bits per heavy atom. The van der Waals surface area contributed by atoms with Crippen LogP contribution in [0.5, 0.6) is 11.5 Å². The van der Waals surface area contributed by atoms with Crippen LogP contribution in [0.4, 0.5) is 5.82 Å². The zero-order chi connectivity index (χ0) is 23.5. The Hall–Kier alpha value is -4.39. The normalized spacial score (nSPS) is 12.4. The van der Waals surface area contributed by atoms with E-state index >= 15 is 0 Å². The lowest BCUT2D eigenvalue weighted by molar-refractivity contribution is 0.0949. The molecule has 12 nitrogen and oxygen atoms in total. The van der Waals surface area contributed by atoms with Crippen molar-refractivity contribution in [3.8, 4) is 17.3 Å². The molecule has 1 aliphatic heterocycles. The highest BCUT2D eigenvalue weighted by molar-refractivity contribution is 7.98. The number of anilines is 1. The molecule has 0 bridgehead atoms. The maximum absolute atomic E-state index is 12.9. The van der Waals surface area contributed by atoms with Gasteiger partial charge in [0, 0.05) is 10.6 Å². The lowest BCUT2D eigenvalue weighted by atomic mass is 10.2. The Morgan fingerprint density at radius 1 is 1.21 bits per heavy atom. The van der Waals surface area contributed by atoms with Crippen LogP contribution in [0.15, 0.2) is 57.1 Å². The standard InChI is InChI=1S/C21H18N8O4S/c1-12-2-5-14(6-3-12)34-10-15-18(24-28-29(15)20-19(22)26-33-27-20)21(30)25-23-9-13-4-7-16-17(8-13)32-11-31-16/h2-9H,10-11H2,1H3,(H2,22,26)(H,25,30). The van der Waals surface area contributed by atoms with E-state index in [4.69, 9.17) is 15.2 Å². The van der Waals surface area contributed by atoms with E-state index in [2.05, 4.69) is 35.8 Å². The molecule has 0 aliphatic carbocycles. The molecule has 3 heterocycles. The minimum Gasteiger partial charge on any atom is -0.454 e. The van der Waals surface area contributed by atoms with Crippen LogP contribution >= 0.6 is 11.8 Å². The van der Waals surface area contributed by atoms with Gasteiger partial charge in [0.2, 0.25) is 18.4 Å². The second-order valence-corrected chi connectivity index (χ2v) is 8.23. The largest absolute Gasteiger partial charge is 0.454 e. The van der Waals surface area contributed by atoms with Gasteiger partial charge in [-0.2, -0.15) is 9.78 Å². The Balaban J connectivity index is 1.36. The number of nitrogens with one attached hydrogen (secondary N) is 1. The molecule has 2 aromatic heterocycles. The quantitative estimate of drug-likeness (QED) is 0.230. The second-order valence-electron chi connectivity index (χ2n) is 7.18. The van der Waals surface area contributed by atoms with Crippen molar-refractivity contribution in [2.45, 2.75) is 17.6 Å². The number of rotatable bonds is 7. The van der Waals surface area contributed by atoms with Crippen LogP contribution in [-0.4, -0.2) is 44.2 Å². The number of fused-ring (bicyclic) bond motifs is 1. The molecule has 1 amide bonds. The Labute approximate surface area is 197 Å². The number of hydrazone groups is 1. The fourth-order valence-corrected chi connectivity index (χ4v) is 4.00. The molecule has 1 aliphatic rings. The molecule has 34 heavy (non-hydrogen) atoms. The summed E-state index contributed by atoms with van der Waals surface area (Å²) in [6.45, 7) is 2.19. The predicted octanol–water partition coefficient (Wildman–Crippen LogP) is 2.33. The van der Waals surface area contributed by atoms with Crippen LogP contribution in [0.3, 0.4) is 0 Å². The first-order chi connectivity index (χ1) is 16.6. The van der Waals surface area contributed by atoms with Crippen molar-refractivity contribution in [3.63, 3.8) is 0 Å². The predicted molar refractivity (Wildman–Crippen MR) is 122 cm³/mol. The number of aromatic nitrogens is 5. The molecule has 0 spiro atoms. The van der Waals surface area contributed by atoms with Gasteiger partial charge in [0.05, 0.1) is 11.9 Å². The first-order valence-electron chi connectivity index (χ1n) is 10.0. The van der Waals surface area contributed by atoms with Crippen molar-refractivity contribution in [2.75, 3.05) is 12.5 Å². The maximum atomic E-state index is 12.9. The molecule has 3 N–H and O–H groups in total. The van der Waals surface area contributed by atoms with E-state index in [1.165, 1.54) is 22.7 Å². The zero-order valence-corrected chi connectivity index (χ0v) is 18.7. The van der Waals surface area contributed by atoms with E-state index in [-0.39, 0.29) is 24.1 Å². The van der Waals surface area contributed by atoms with Gasteiger partial charge < -0.3 is 15.2 Å². The van der Waals surface area contributed by atoms with Crippen LogP contribution < -0.4 is 20.6 Å². The highest BCUT2D eigenvalue weighted by atomic mass is 32.2. The lowest BCUT2D eigenvalue weighted by Crippen LogP contribution is -2.20. The SMILES string of the molecule is Cc1ccc(SCc2c(C(=O)NN=Cc3ccc4c(c3)OCO4)nnn2-c2nonc2N)cc1. The highest BCUT2D eigenvalue weighted by Gasteiger charge is 2.24. The monoisotopic (exact) mass is 478 g/mol. The molecule has 2 aromatic carbocycles. The number of hydrogen-bond acceptors (Lipinski definition) is 11. The number of benzene rings is 2. The van der Waals surface area contributed by atoms with Gasteiger partial charge in [-0.25, -0.2) is 10.1 Å². The van der Waals surface area contributed by atoms with Crippen LogP contribution in [0.2, 0.25) is 0 Å². The van der Waals surface area contributed by atoms with Gasteiger partial charge >= 0.3 is 0 Å². The fraction of sp³-hybridized carbons (Fsp3) is 0.143. The van der Waals surface area contributed by atoms with E-state index in [1.54, 1.807) is 18.2 Å². The van der Waals surface area contributed by atoms with Gasteiger partial charge in [-0.15, -0.1) is 16.9 Å². The van der Waals surface area contributed by atoms with Crippen molar-refractivity contribution in [2.24, 2.45) is 5.10 Å². The molecule has 0 unspecified atom stereocenters. The molecule has 0 fully saturated rings. The molecule has 0 saturated heterocycles. The third-order valence-corrected chi connectivity index (χ3v) is 5.87. The summed E-state index contributed by atoms with van der Waals surface area (Å²) in [5.41, 5.74) is 10.7. The van der Waals surface area contributed by atoms with Gasteiger partial charge in [0.25, 0.3) is 5.91 Å². The number of ether oxygens (including phenoxy) is 2. The first-order valence-corrected chi connectivity index (χ1v) is 11.0. The number of thioether (sulfide) groups is 1. The first kappa shape index (κ1) is 21.5. The Kier molecular flexibility index (Phi) is 5.82.